The average Bonchev–Trinajstić information content (AvgIpc) is 3.12. The van der Waals surface area contributed by atoms with E-state index >= 15 is 0 Å². The van der Waals surface area contributed by atoms with E-state index in [2.05, 4.69) is 15.6 Å². The maximum absolute atomic E-state index is 12.2. The van der Waals surface area contributed by atoms with Gasteiger partial charge in [-0.15, -0.1) is 0 Å². The summed E-state index contributed by atoms with van der Waals surface area (Å²) >= 11 is 0. The molecule has 0 radical (unpaired) electrons. The quantitative estimate of drug-likeness (QED) is 0.857. The van der Waals surface area contributed by atoms with Crippen molar-refractivity contribution in [1.29, 1.82) is 0 Å². The zero-order valence-corrected chi connectivity index (χ0v) is 11.4. The highest BCUT2D eigenvalue weighted by Crippen LogP contribution is 2.26. The van der Waals surface area contributed by atoms with Crippen LogP contribution < -0.4 is 10.6 Å². The van der Waals surface area contributed by atoms with Crippen LogP contribution in [-0.4, -0.2) is 34.6 Å². The summed E-state index contributed by atoms with van der Waals surface area (Å²) in [6.45, 7) is 4.05. The van der Waals surface area contributed by atoms with Gasteiger partial charge in [0.05, 0.1) is 6.33 Å². The number of carbonyl (C=O) groups excluding carboxylic acids is 1. The van der Waals surface area contributed by atoms with E-state index in [0.29, 0.717) is 12.0 Å². The molecule has 2 fully saturated rings. The first-order valence-electron chi connectivity index (χ1n) is 7.28. The smallest absolute Gasteiger partial charge is 0.243 e. The Bertz CT molecular complexity index is 446. The van der Waals surface area contributed by atoms with Crippen LogP contribution in [0.3, 0.4) is 0 Å². The zero-order valence-electron chi connectivity index (χ0n) is 11.4. The van der Waals surface area contributed by atoms with Crippen LogP contribution in [0, 0.1) is 0 Å². The molecule has 1 aromatic heterocycles. The number of nitrogens with one attached hydrogen (secondary N) is 2. The highest BCUT2D eigenvalue weighted by molar-refractivity contribution is 5.80. The predicted octanol–water partition coefficient (Wildman–Crippen LogP) is 1.19. The lowest BCUT2D eigenvalue weighted by Crippen LogP contribution is -2.34. The van der Waals surface area contributed by atoms with Crippen molar-refractivity contribution in [2.45, 2.75) is 50.6 Å². The van der Waals surface area contributed by atoms with E-state index in [-0.39, 0.29) is 11.9 Å². The molecule has 2 heterocycles. The van der Waals surface area contributed by atoms with Crippen molar-refractivity contribution in [3.8, 4) is 0 Å². The van der Waals surface area contributed by atoms with Crippen molar-refractivity contribution in [2.75, 3.05) is 13.1 Å². The largest absolute Gasteiger partial charge is 0.352 e. The lowest BCUT2D eigenvalue weighted by Gasteiger charge is -2.25. The Morgan fingerprint density at radius 3 is 3.05 bits per heavy atom. The normalized spacial score (nSPS) is 25.0. The summed E-state index contributed by atoms with van der Waals surface area (Å²) in [7, 11) is 0. The fourth-order valence-corrected chi connectivity index (χ4v) is 2.73. The maximum atomic E-state index is 12.2. The minimum atomic E-state index is -0.167. The van der Waals surface area contributed by atoms with Gasteiger partial charge in [-0.1, -0.05) is 0 Å². The molecule has 1 saturated carbocycles. The van der Waals surface area contributed by atoms with Crippen LogP contribution in [0.25, 0.3) is 0 Å². The summed E-state index contributed by atoms with van der Waals surface area (Å²) in [5, 5.41) is 6.49. The molecule has 2 unspecified atom stereocenters. The third kappa shape index (κ3) is 2.81. The third-order valence-electron chi connectivity index (χ3n) is 4.13. The Morgan fingerprint density at radius 1 is 1.53 bits per heavy atom. The molecular weight excluding hydrogens is 240 g/mol. The van der Waals surface area contributed by atoms with Gasteiger partial charge in [-0.05, 0) is 39.2 Å². The van der Waals surface area contributed by atoms with E-state index < -0.39 is 0 Å². The van der Waals surface area contributed by atoms with Crippen LogP contribution in [0.5, 0.6) is 0 Å². The van der Waals surface area contributed by atoms with Crippen LogP contribution >= 0.6 is 0 Å². The molecule has 1 aliphatic carbocycles. The molecule has 19 heavy (non-hydrogen) atoms. The number of piperidine rings is 1. The number of carbonyl (C=O) groups is 1. The second-order valence-electron chi connectivity index (χ2n) is 5.73. The van der Waals surface area contributed by atoms with E-state index in [1.54, 1.807) is 6.33 Å². The number of aromatic nitrogens is 2. The van der Waals surface area contributed by atoms with Crippen molar-refractivity contribution in [3.63, 3.8) is 0 Å². The Morgan fingerprint density at radius 2 is 2.37 bits per heavy atom. The molecule has 1 aliphatic heterocycles. The Labute approximate surface area is 113 Å². The SMILES string of the molecule is CC(C(=O)NC1CC1)n1cncc1C1CCCNC1. The first-order chi connectivity index (χ1) is 9.25. The van der Waals surface area contributed by atoms with E-state index in [1.807, 2.05) is 17.7 Å². The lowest BCUT2D eigenvalue weighted by molar-refractivity contribution is -0.124. The Hall–Kier alpha value is -1.36. The molecule has 5 nitrogen and oxygen atoms in total. The molecule has 104 valence electrons. The summed E-state index contributed by atoms with van der Waals surface area (Å²) in [5.74, 6) is 0.595. The van der Waals surface area contributed by atoms with Crippen LogP contribution in [0.15, 0.2) is 12.5 Å². The molecule has 0 spiro atoms. The van der Waals surface area contributed by atoms with Crippen LogP contribution in [0.2, 0.25) is 0 Å². The van der Waals surface area contributed by atoms with Crippen molar-refractivity contribution in [1.82, 2.24) is 20.2 Å². The molecule has 2 N–H and O–H groups in total. The lowest BCUT2D eigenvalue weighted by atomic mass is 9.96. The summed E-state index contributed by atoms with van der Waals surface area (Å²) in [5.41, 5.74) is 1.19. The molecule has 3 rings (SSSR count). The Balaban J connectivity index is 1.72. The van der Waals surface area contributed by atoms with E-state index in [9.17, 15) is 4.79 Å². The van der Waals surface area contributed by atoms with Crippen molar-refractivity contribution in [2.24, 2.45) is 0 Å². The minimum Gasteiger partial charge on any atom is -0.352 e. The van der Waals surface area contributed by atoms with Gasteiger partial charge in [0.2, 0.25) is 5.91 Å². The highest BCUT2D eigenvalue weighted by Gasteiger charge is 2.28. The standard InChI is InChI=1S/C14H22N4O/c1-10(14(19)17-12-4-5-12)18-9-16-8-13(18)11-3-2-6-15-7-11/h8-12,15H,2-7H2,1H3,(H,17,19). The molecule has 2 atom stereocenters. The van der Waals surface area contributed by atoms with Gasteiger partial charge in [0.15, 0.2) is 0 Å². The summed E-state index contributed by atoms with van der Waals surface area (Å²) in [6, 6.07) is 0.248. The Kier molecular flexibility index (Phi) is 3.55. The molecule has 2 aliphatic rings. The molecule has 0 aromatic carbocycles. The summed E-state index contributed by atoms with van der Waals surface area (Å²) in [6.07, 6.45) is 8.33. The number of hydrogen-bond donors (Lipinski definition) is 2. The highest BCUT2D eigenvalue weighted by atomic mass is 16.2. The molecule has 1 aromatic rings. The van der Waals surface area contributed by atoms with Crippen LogP contribution in [0.1, 0.15) is 50.3 Å². The number of hydrogen-bond acceptors (Lipinski definition) is 3. The monoisotopic (exact) mass is 262 g/mol. The fourth-order valence-electron chi connectivity index (χ4n) is 2.73. The second kappa shape index (κ2) is 5.33. The predicted molar refractivity (Wildman–Crippen MR) is 72.9 cm³/mol. The average molecular weight is 262 g/mol. The first-order valence-corrected chi connectivity index (χ1v) is 7.28. The van der Waals surface area contributed by atoms with E-state index in [1.165, 1.54) is 18.5 Å². The van der Waals surface area contributed by atoms with Crippen molar-refractivity contribution in [3.05, 3.63) is 18.2 Å². The van der Waals surface area contributed by atoms with Gasteiger partial charge in [-0.2, -0.15) is 0 Å². The number of rotatable bonds is 4. The van der Waals surface area contributed by atoms with E-state index in [4.69, 9.17) is 0 Å². The van der Waals surface area contributed by atoms with Crippen molar-refractivity contribution < 1.29 is 4.79 Å². The van der Waals surface area contributed by atoms with Gasteiger partial charge in [0, 0.05) is 30.4 Å². The molecule has 5 heteroatoms. The molecule has 0 bridgehead atoms. The van der Waals surface area contributed by atoms with Crippen LogP contribution in [-0.2, 0) is 4.79 Å². The zero-order chi connectivity index (χ0) is 13.2. The minimum absolute atomic E-state index is 0.116. The molecular formula is C14H22N4O. The fraction of sp³-hybridized carbons (Fsp3) is 0.714. The van der Waals surface area contributed by atoms with Gasteiger partial charge in [0.1, 0.15) is 6.04 Å². The number of imidazole rings is 1. The topological polar surface area (TPSA) is 59.0 Å². The summed E-state index contributed by atoms with van der Waals surface area (Å²) < 4.78 is 2.04. The van der Waals surface area contributed by atoms with Gasteiger partial charge >= 0.3 is 0 Å². The van der Waals surface area contributed by atoms with Gasteiger partial charge in [0.25, 0.3) is 0 Å². The number of amides is 1. The molecule has 1 amide bonds. The van der Waals surface area contributed by atoms with Crippen LogP contribution in [0.4, 0.5) is 0 Å². The summed E-state index contributed by atoms with van der Waals surface area (Å²) in [4.78, 5) is 16.4. The van der Waals surface area contributed by atoms with Crippen molar-refractivity contribution >= 4 is 5.91 Å². The van der Waals surface area contributed by atoms with E-state index in [0.717, 1.165) is 25.9 Å². The molecule has 1 saturated heterocycles. The number of nitrogens with zero attached hydrogens (tertiary/aromatic N) is 2. The third-order valence-corrected chi connectivity index (χ3v) is 4.13. The van der Waals surface area contributed by atoms with Gasteiger partial charge in [-0.25, -0.2) is 4.98 Å². The van der Waals surface area contributed by atoms with Gasteiger partial charge in [-0.3, -0.25) is 4.79 Å². The second-order valence-corrected chi connectivity index (χ2v) is 5.73. The first kappa shape index (κ1) is 12.7. The van der Waals surface area contributed by atoms with Gasteiger partial charge < -0.3 is 15.2 Å². The maximum Gasteiger partial charge on any atom is 0.243 e.